The van der Waals surface area contributed by atoms with Gasteiger partial charge in [0.1, 0.15) is 9.71 Å². The molecule has 0 aromatic carbocycles. The summed E-state index contributed by atoms with van der Waals surface area (Å²) in [6.45, 7) is 5.09. The van der Waals surface area contributed by atoms with E-state index in [4.69, 9.17) is 14.5 Å². The third kappa shape index (κ3) is 4.04. The molecule has 0 atom stereocenters. The van der Waals surface area contributed by atoms with E-state index in [2.05, 4.69) is 16.3 Å². The van der Waals surface area contributed by atoms with Gasteiger partial charge in [-0.3, -0.25) is 9.69 Å². The lowest BCUT2D eigenvalue weighted by Gasteiger charge is -2.25. The SMILES string of the molecule is CCOC(=O)c1sc2nc3c(cc2c1NC(=O)CN1CCOCC1)CCCC3. The summed E-state index contributed by atoms with van der Waals surface area (Å²) >= 11 is 1.30. The number of aromatic nitrogens is 1. The molecule has 2 aromatic heterocycles. The number of nitrogens with zero attached hydrogens (tertiary/aromatic N) is 2. The zero-order valence-corrected chi connectivity index (χ0v) is 16.9. The van der Waals surface area contributed by atoms with Crippen LogP contribution in [0.1, 0.15) is 40.7 Å². The molecule has 4 rings (SSSR count). The zero-order valence-electron chi connectivity index (χ0n) is 16.1. The summed E-state index contributed by atoms with van der Waals surface area (Å²) in [6, 6.07) is 2.10. The number of anilines is 1. The number of fused-ring (bicyclic) bond motifs is 2. The lowest BCUT2D eigenvalue weighted by molar-refractivity contribution is -0.118. The first-order chi connectivity index (χ1) is 13.7. The van der Waals surface area contributed by atoms with Gasteiger partial charge in [0.25, 0.3) is 0 Å². The van der Waals surface area contributed by atoms with Gasteiger partial charge < -0.3 is 14.8 Å². The summed E-state index contributed by atoms with van der Waals surface area (Å²) in [7, 11) is 0. The van der Waals surface area contributed by atoms with Gasteiger partial charge >= 0.3 is 5.97 Å². The van der Waals surface area contributed by atoms with E-state index in [1.807, 2.05) is 0 Å². The summed E-state index contributed by atoms with van der Waals surface area (Å²) in [4.78, 5) is 33.2. The van der Waals surface area contributed by atoms with Crippen molar-refractivity contribution in [1.82, 2.24) is 9.88 Å². The summed E-state index contributed by atoms with van der Waals surface area (Å²) in [6.07, 6.45) is 4.25. The predicted molar refractivity (Wildman–Crippen MR) is 108 cm³/mol. The highest BCUT2D eigenvalue weighted by atomic mass is 32.1. The molecule has 0 unspecified atom stereocenters. The Kier molecular flexibility index (Phi) is 5.89. The van der Waals surface area contributed by atoms with Crippen LogP contribution in [0.3, 0.4) is 0 Å². The maximum Gasteiger partial charge on any atom is 0.350 e. The van der Waals surface area contributed by atoms with Crippen molar-refractivity contribution in [3.63, 3.8) is 0 Å². The second-order valence-electron chi connectivity index (χ2n) is 7.12. The minimum atomic E-state index is -0.412. The van der Waals surface area contributed by atoms with Crippen LogP contribution in [0.25, 0.3) is 10.2 Å². The van der Waals surface area contributed by atoms with E-state index < -0.39 is 5.97 Å². The van der Waals surface area contributed by atoms with Crippen LogP contribution in [0.15, 0.2) is 6.07 Å². The number of esters is 1. The molecule has 0 saturated carbocycles. The molecule has 1 saturated heterocycles. The molecule has 1 amide bonds. The van der Waals surface area contributed by atoms with Gasteiger partial charge in [-0.1, -0.05) is 0 Å². The fourth-order valence-corrected chi connectivity index (χ4v) is 4.77. The molecule has 1 aliphatic carbocycles. The van der Waals surface area contributed by atoms with Gasteiger partial charge in [0.05, 0.1) is 32.1 Å². The molecule has 1 N–H and O–H groups in total. The largest absolute Gasteiger partial charge is 0.462 e. The smallest absolute Gasteiger partial charge is 0.350 e. The summed E-state index contributed by atoms with van der Waals surface area (Å²) < 4.78 is 10.6. The summed E-state index contributed by atoms with van der Waals surface area (Å²) in [5.41, 5.74) is 2.87. The van der Waals surface area contributed by atoms with Crippen molar-refractivity contribution in [3.8, 4) is 0 Å². The van der Waals surface area contributed by atoms with E-state index in [1.54, 1.807) is 6.92 Å². The van der Waals surface area contributed by atoms with E-state index in [0.717, 1.165) is 54.7 Å². The summed E-state index contributed by atoms with van der Waals surface area (Å²) in [5, 5.41) is 3.81. The normalized spacial score (nSPS) is 17.3. The Morgan fingerprint density at radius 1 is 1.29 bits per heavy atom. The molecular weight excluding hydrogens is 378 g/mol. The second-order valence-corrected chi connectivity index (χ2v) is 8.12. The number of nitrogens with one attached hydrogen (secondary N) is 1. The number of carbonyl (C=O) groups excluding carboxylic acids is 2. The molecule has 7 nitrogen and oxygen atoms in total. The van der Waals surface area contributed by atoms with Crippen molar-refractivity contribution in [1.29, 1.82) is 0 Å². The zero-order chi connectivity index (χ0) is 19.5. The van der Waals surface area contributed by atoms with Crippen LogP contribution in [-0.2, 0) is 27.1 Å². The van der Waals surface area contributed by atoms with Gasteiger partial charge in [-0.05, 0) is 44.2 Å². The van der Waals surface area contributed by atoms with Crippen LogP contribution in [0, 0.1) is 0 Å². The number of carbonyl (C=O) groups is 2. The summed E-state index contributed by atoms with van der Waals surface area (Å²) in [5.74, 6) is -0.546. The van der Waals surface area contributed by atoms with Crippen molar-refractivity contribution in [2.24, 2.45) is 0 Å². The van der Waals surface area contributed by atoms with Gasteiger partial charge in [0, 0.05) is 24.2 Å². The third-order valence-corrected chi connectivity index (χ3v) is 6.24. The fourth-order valence-electron chi connectivity index (χ4n) is 3.75. The minimum absolute atomic E-state index is 0.134. The van der Waals surface area contributed by atoms with Gasteiger partial charge in [0.15, 0.2) is 0 Å². The number of hydrogen-bond donors (Lipinski definition) is 1. The van der Waals surface area contributed by atoms with Crippen LogP contribution in [-0.4, -0.2) is 61.2 Å². The number of aryl methyl sites for hydroxylation is 2. The molecule has 2 aliphatic rings. The molecule has 0 bridgehead atoms. The molecule has 8 heteroatoms. The number of thiophene rings is 1. The topological polar surface area (TPSA) is 80.8 Å². The first-order valence-electron chi connectivity index (χ1n) is 9.88. The highest BCUT2D eigenvalue weighted by Crippen LogP contribution is 2.37. The van der Waals surface area contributed by atoms with Crippen molar-refractivity contribution in [2.75, 3.05) is 44.8 Å². The standard InChI is InChI=1S/C20H25N3O4S/c1-2-27-20(25)18-17(22-16(24)12-23-7-9-26-10-8-23)14-11-13-5-3-4-6-15(13)21-19(14)28-18/h11H,2-10,12H2,1H3,(H,22,24). The number of ether oxygens (including phenoxy) is 2. The van der Waals surface area contributed by atoms with Gasteiger partial charge in [0.2, 0.25) is 5.91 Å². The molecule has 1 fully saturated rings. The second kappa shape index (κ2) is 8.55. The minimum Gasteiger partial charge on any atom is -0.462 e. The van der Waals surface area contributed by atoms with Gasteiger partial charge in [-0.25, -0.2) is 9.78 Å². The molecule has 3 heterocycles. The van der Waals surface area contributed by atoms with Crippen LogP contribution in [0.2, 0.25) is 0 Å². The Morgan fingerprint density at radius 3 is 2.86 bits per heavy atom. The number of pyridine rings is 1. The average Bonchev–Trinajstić information content (AvgIpc) is 3.04. The van der Waals surface area contributed by atoms with Crippen molar-refractivity contribution in [2.45, 2.75) is 32.6 Å². The molecule has 150 valence electrons. The molecule has 1 aliphatic heterocycles. The van der Waals surface area contributed by atoms with E-state index in [9.17, 15) is 9.59 Å². The lowest BCUT2D eigenvalue weighted by atomic mass is 9.95. The Hall–Kier alpha value is -2.03. The first-order valence-corrected chi connectivity index (χ1v) is 10.7. The Balaban J connectivity index is 1.65. The van der Waals surface area contributed by atoms with Gasteiger partial charge in [-0.2, -0.15) is 0 Å². The van der Waals surface area contributed by atoms with Gasteiger partial charge in [-0.15, -0.1) is 11.3 Å². The van der Waals surface area contributed by atoms with Crippen LogP contribution >= 0.6 is 11.3 Å². The number of morpholine rings is 1. The lowest BCUT2D eigenvalue weighted by Crippen LogP contribution is -2.41. The average molecular weight is 404 g/mol. The van der Waals surface area contributed by atoms with E-state index in [-0.39, 0.29) is 19.1 Å². The molecule has 2 aromatic rings. The first kappa shape index (κ1) is 19.3. The Bertz CT molecular complexity index is 889. The highest BCUT2D eigenvalue weighted by molar-refractivity contribution is 7.21. The quantitative estimate of drug-likeness (QED) is 0.773. The Labute approximate surface area is 168 Å². The van der Waals surface area contributed by atoms with Crippen LogP contribution < -0.4 is 5.32 Å². The maximum atomic E-state index is 12.7. The van der Waals surface area contributed by atoms with E-state index >= 15 is 0 Å². The Morgan fingerprint density at radius 2 is 2.07 bits per heavy atom. The van der Waals surface area contributed by atoms with Crippen molar-refractivity contribution >= 4 is 39.1 Å². The van der Waals surface area contributed by atoms with E-state index in [0.29, 0.717) is 23.8 Å². The number of rotatable bonds is 5. The molecule has 0 spiro atoms. The fraction of sp³-hybridized carbons (Fsp3) is 0.550. The number of hydrogen-bond acceptors (Lipinski definition) is 7. The highest BCUT2D eigenvalue weighted by Gasteiger charge is 2.25. The monoisotopic (exact) mass is 403 g/mol. The predicted octanol–water partition coefficient (Wildman–Crippen LogP) is 2.62. The molecular formula is C20H25N3O4S. The molecule has 0 radical (unpaired) electrons. The van der Waals surface area contributed by atoms with Crippen molar-refractivity contribution < 1.29 is 19.1 Å². The van der Waals surface area contributed by atoms with Crippen LogP contribution in [0.5, 0.6) is 0 Å². The number of amides is 1. The third-order valence-electron chi connectivity index (χ3n) is 5.16. The van der Waals surface area contributed by atoms with Crippen LogP contribution in [0.4, 0.5) is 5.69 Å². The van der Waals surface area contributed by atoms with E-state index in [1.165, 1.54) is 16.9 Å². The molecule has 28 heavy (non-hydrogen) atoms. The van der Waals surface area contributed by atoms with Crippen molar-refractivity contribution in [3.05, 3.63) is 22.2 Å². The maximum absolute atomic E-state index is 12.7.